The molecule has 1 aliphatic rings. The van der Waals surface area contributed by atoms with Gasteiger partial charge in [0.1, 0.15) is 0 Å². The molecule has 0 saturated heterocycles. The van der Waals surface area contributed by atoms with Crippen LogP contribution in [0.2, 0.25) is 0 Å². The first kappa shape index (κ1) is 16.2. The largest absolute Gasteiger partial charge is 0.478 e. The average molecular weight is 320 g/mol. The minimum absolute atomic E-state index is 0.0785. The minimum Gasteiger partial charge on any atom is -0.478 e. The SMILES string of the molecule is COS1(OC)C=CC=C1/C=C/C(=O)c1cccc(C(=O)O)c1. The minimum atomic E-state index is -1.93. The Morgan fingerprint density at radius 1 is 1.18 bits per heavy atom. The highest BCUT2D eigenvalue weighted by molar-refractivity contribution is 8.31. The van der Waals surface area contributed by atoms with E-state index in [0.29, 0.717) is 5.56 Å². The predicted octanol–water partition coefficient (Wildman–Crippen LogP) is 3.46. The highest BCUT2D eigenvalue weighted by Crippen LogP contribution is 2.60. The summed E-state index contributed by atoms with van der Waals surface area (Å²) in [4.78, 5) is 23.9. The van der Waals surface area contributed by atoms with Crippen molar-refractivity contribution in [3.05, 3.63) is 70.0 Å². The third-order valence-electron chi connectivity index (χ3n) is 3.13. The highest BCUT2D eigenvalue weighted by Gasteiger charge is 2.22. The van der Waals surface area contributed by atoms with E-state index >= 15 is 0 Å². The molecule has 1 heterocycles. The van der Waals surface area contributed by atoms with Crippen molar-refractivity contribution in [2.24, 2.45) is 0 Å². The number of aromatic carboxylic acids is 1. The molecule has 116 valence electrons. The van der Waals surface area contributed by atoms with E-state index in [9.17, 15) is 9.59 Å². The highest BCUT2D eigenvalue weighted by atomic mass is 32.3. The first-order chi connectivity index (χ1) is 10.5. The van der Waals surface area contributed by atoms with Gasteiger partial charge in [-0.05, 0) is 36.4 Å². The molecular weight excluding hydrogens is 304 g/mol. The Hall–Kier alpha value is -2.15. The fraction of sp³-hybridized carbons (Fsp3) is 0.125. The van der Waals surface area contributed by atoms with Gasteiger partial charge in [-0.2, -0.15) is 0 Å². The zero-order valence-electron chi connectivity index (χ0n) is 12.2. The van der Waals surface area contributed by atoms with E-state index in [1.807, 2.05) is 17.6 Å². The number of carboxylic acid groups (broad SMARTS) is 1. The molecule has 1 aromatic rings. The molecule has 5 nitrogen and oxygen atoms in total. The summed E-state index contributed by atoms with van der Waals surface area (Å²) < 4.78 is 10.8. The van der Waals surface area contributed by atoms with Crippen molar-refractivity contribution in [3.8, 4) is 0 Å². The number of carbonyl (C=O) groups is 2. The van der Waals surface area contributed by atoms with E-state index < -0.39 is 16.6 Å². The maximum Gasteiger partial charge on any atom is 0.335 e. The van der Waals surface area contributed by atoms with E-state index in [1.54, 1.807) is 32.4 Å². The maximum atomic E-state index is 12.2. The van der Waals surface area contributed by atoms with Crippen molar-refractivity contribution < 1.29 is 23.1 Å². The molecule has 0 unspecified atom stereocenters. The van der Waals surface area contributed by atoms with Crippen LogP contribution in [0.5, 0.6) is 0 Å². The van der Waals surface area contributed by atoms with Gasteiger partial charge in [-0.3, -0.25) is 13.2 Å². The molecule has 1 N–H and O–H groups in total. The zero-order valence-corrected chi connectivity index (χ0v) is 13.0. The van der Waals surface area contributed by atoms with E-state index in [4.69, 9.17) is 13.5 Å². The molecule has 0 amide bonds. The molecule has 0 radical (unpaired) electrons. The maximum absolute atomic E-state index is 12.2. The first-order valence-electron chi connectivity index (χ1n) is 6.41. The van der Waals surface area contributed by atoms with E-state index in [-0.39, 0.29) is 11.3 Å². The van der Waals surface area contributed by atoms with Crippen molar-refractivity contribution in [3.63, 3.8) is 0 Å². The predicted molar refractivity (Wildman–Crippen MR) is 85.7 cm³/mol. The Morgan fingerprint density at radius 3 is 2.50 bits per heavy atom. The van der Waals surface area contributed by atoms with E-state index in [1.165, 1.54) is 18.2 Å². The van der Waals surface area contributed by atoms with Crippen molar-refractivity contribution in [1.82, 2.24) is 0 Å². The molecule has 0 bridgehead atoms. The Kier molecular flexibility index (Phi) is 4.97. The lowest BCUT2D eigenvalue weighted by Crippen LogP contribution is -2.02. The van der Waals surface area contributed by atoms with Crippen LogP contribution >= 0.6 is 10.6 Å². The number of allylic oxidation sites excluding steroid dienone is 4. The summed E-state index contributed by atoms with van der Waals surface area (Å²) in [6, 6.07) is 5.91. The van der Waals surface area contributed by atoms with Gasteiger partial charge in [-0.25, -0.2) is 4.79 Å². The van der Waals surface area contributed by atoms with Gasteiger partial charge in [0.2, 0.25) is 0 Å². The number of carbonyl (C=O) groups excluding carboxylic acids is 1. The molecule has 1 aliphatic heterocycles. The number of rotatable bonds is 6. The second-order valence-electron chi connectivity index (χ2n) is 4.36. The first-order valence-corrected chi connectivity index (χ1v) is 7.96. The monoisotopic (exact) mass is 320 g/mol. The van der Waals surface area contributed by atoms with Crippen LogP contribution in [0.1, 0.15) is 20.7 Å². The normalized spacial score (nSPS) is 17.5. The standard InChI is InChI=1S/C16H16O5S/c1-20-22(21-2)10-4-7-14(22)8-9-15(17)12-5-3-6-13(11-12)16(18)19/h3-11H,1-2H3,(H,18,19)/b9-8+. The second-order valence-corrected chi connectivity index (χ2v) is 6.86. The summed E-state index contributed by atoms with van der Waals surface area (Å²) in [6.07, 6.45) is 6.66. The lowest BCUT2D eigenvalue weighted by Gasteiger charge is -2.36. The fourth-order valence-corrected chi connectivity index (χ4v) is 3.70. The summed E-state index contributed by atoms with van der Waals surface area (Å²) in [5.74, 6) is -1.35. The van der Waals surface area contributed by atoms with Gasteiger partial charge < -0.3 is 5.11 Å². The van der Waals surface area contributed by atoms with Gasteiger partial charge in [0, 0.05) is 11.0 Å². The third-order valence-corrected chi connectivity index (χ3v) is 5.57. The van der Waals surface area contributed by atoms with Crippen molar-refractivity contribution >= 4 is 22.3 Å². The van der Waals surface area contributed by atoms with Gasteiger partial charge >= 0.3 is 5.97 Å². The molecule has 0 fully saturated rings. The van der Waals surface area contributed by atoms with Crippen LogP contribution in [0.15, 0.2) is 58.9 Å². The van der Waals surface area contributed by atoms with Gasteiger partial charge in [0.05, 0.1) is 24.7 Å². The summed E-state index contributed by atoms with van der Waals surface area (Å²) in [6.45, 7) is 0. The van der Waals surface area contributed by atoms with Crippen LogP contribution in [0.4, 0.5) is 0 Å². The molecule has 0 aliphatic carbocycles. The van der Waals surface area contributed by atoms with Crippen molar-refractivity contribution in [2.45, 2.75) is 0 Å². The Balaban J connectivity index is 2.19. The van der Waals surface area contributed by atoms with Crippen LogP contribution < -0.4 is 0 Å². The Morgan fingerprint density at radius 2 is 1.86 bits per heavy atom. The molecule has 22 heavy (non-hydrogen) atoms. The molecule has 2 rings (SSSR count). The molecule has 0 aromatic heterocycles. The smallest absolute Gasteiger partial charge is 0.335 e. The topological polar surface area (TPSA) is 72.8 Å². The van der Waals surface area contributed by atoms with E-state index in [2.05, 4.69) is 0 Å². The quantitative estimate of drug-likeness (QED) is 0.642. The van der Waals surface area contributed by atoms with Gasteiger partial charge in [0.15, 0.2) is 5.78 Å². The molecule has 1 aromatic carbocycles. The summed E-state index contributed by atoms with van der Waals surface area (Å²) in [5, 5.41) is 10.8. The number of hydrogen-bond acceptors (Lipinski definition) is 4. The second kappa shape index (κ2) is 6.74. The van der Waals surface area contributed by atoms with Crippen LogP contribution in [0.25, 0.3) is 0 Å². The molecule has 0 saturated carbocycles. The van der Waals surface area contributed by atoms with Crippen molar-refractivity contribution in [2.75, 3.05) is 14.2 Å². The van der Waals surface area contributed by atoms with Crippen LogP contribution in [0.3, 0.4) is 0 Å². The number of hydrogen-bond donors (Lipinski definition) is 1. The summed E-state index contributed by atoms with van der Waals surface area (Å²) >= 11 is 0. The number of carboxylic acids is 1. The fourth-order valence-electron chi connectivity index (χ4n) is 1.99. The lowest BCUT2D eigenvalue weighted by molar-refractivity contribution is 0.0697. The molecule has 6 heteroatoms. The third kappa shape index (κ3) is 3.19. The number of benzene rings is 1. The summed E-state index contributed by atoms with van der Waals surface area (Å²) in [5.41, 5.74) is 0.396. The van der Waals surface area contributed by atoms with Gasteiger partial charge in [0.25, 0.3) is 0 Å². The van der Waals surface area contributed by atoms with Crippen LogP contribution in [-0.4, -0.2) is 31.1 Å². The van der Waals surface area contributed by atoms with E-state index in [0.717, 1.165) is 4.91 Å². The van der Waals surface area contributed by atoms with Gasteiger partial charge in [-0.15, -0.1) is 10.6 Å². The van der Waals surface area contributed by atoms with Crippen LogP contribution in [0, 0.1) is 0 Å². The van der Waals surface area contributed by atoms with Gasteiger partial charge in [-0.1, -0.05) is 12.1 Å². The average Bonchev–Trinajstić information content (AvgIpc) is 2.96. The lowest BCUT2D eigenvalue weighted by atomic mass is 10.1. The molecule has 0 spiro atoms. The summed E-state index contributed by atoms with van der Waals surface area (Å²) in [7, 11) is 1.17. The van der Waals surface area contributed by atoms with Crippen LogP contribution in [-0.2, 0) is 8.37 Å². The Labute approximate surface area is 130 Å². The Bertz CT molecular complexity index is 684. The van der Waals surface area contributed by atoms with Crippen molar-refractivity contribution in [1.29, 1.82) is 0 Å². The number of ketones is 1. The zero-order chi connectivity index (χ0) is 16.2. The molecule has 0 atom stereocenters. The molecular formula is C16H16O5S.